The molecular formula is C26H35N2O2+. The largest absolute Gasteiger partial charge is 0.392 e. The molecule has 0 spiro atoms. The summed E-state index contributed by atoms with van der Waals surface area (Å²) >= 11 is 0. The van der Waals surface area contributed by atoms with Crippen LogP contribution in [0.15, 0.2) is 47.0 Å². The molecule has 2 aromatic carbocycles. The molecule has 2 unspecified atom stereocenters. The van der Waals surface area contributed by atoms with Gasteiger partial charge in [0.15, 0.2) is 0 Å². The number of aliphatic hydroxyl groups excluding tert-OH is 1. The predicted molar refractivity (Wildman–Crippen MR) is 126 cm³/mol. The minimum absolute atomic E-state index is 0.0283. The minimum atomic E-state index is -0.453. The van der Waals surface area contributed by atoms with Gasteiger partial charge in [-0.25, -0.2) is 4.58 Å². The number of rotatable bonds is 5. The topological polar surface area (TPSA) is 44.8 Å². The van der Waals surface area contributed by atoms with Gasteiger partial charge in [-0.05, 0) is 40.3 Å². The highest BCUT2D eigenvalue weighted by Gasteiger charge is 2.46. The van der Waals surface area contributed by atoms with E-state index in [1.807, 2.05) is 12.4 Å². The summed E-state index contributed by atoms with van der Waals surface area (Å²) < 4.78 is 7.44. The van der Waals surface area contributed by atoms with Gasteiger partial charge in [-0.15, -0.1) is 0 Å². The Bertz CT molecular complexity index is 1030. The van der Waals surface area contributed by atoms with E-state index in [9.17, 15) is 5.11 Å². The molecule has 0 radical (unpaired) electrons. The Hall–Kier alpha value is -2.30. The lowest BCUT2D eigenvalue weighted by molar-refractivity contribution is -0.484. The second kappa shape index (κ2) is 8.44. The van der Waals surface area contributed by atoms with Crippen molar-refractivity contribution in [1.29, 1.82) is 0 Å². The maximum Gasteiger partial charge on any atom is 0.280 e. The highest BCUT2D eigenvalue weighted by Crippen LogP contribution is 2.45. The number of hydrogen-bond donors (Lipinski definition) is 1. The van der Waals surface area contributed by atoms with Gasteiger partial charge < -0.3 is 9.84 Å². The molecule has 1 aliphatic heterocycles. The number of hydrogen-bond acceptors (Lipinski definition) is 3. The van der Waals surface area contributed by atoms with Gasteiger partial charge in [0.1, 0.15) is 12.6 Å². The van der Waals surface area contributed by atoms with Gasteiger partial charge in [0, 0.05) is 24.2 Å². The van der Waals surface area contributed by atoms with Crippen molar-refractivity contribution in [3.8, 4) is 0 Å². The zero-order chi connectivity index (χ0) is 22.1. The van der Waals surface area contributed by atoms with Crippen LogP contribution in [0.25, 0.3) is 10.8 Å². The van der Waals surface area contributed by atoms with Crippen molar-refractivity contribution >= 4 is 23.3 Å². The first kappa shape index (κ1) is 22.4. The van der Waals surface area contributed by atoms with E-state index in [-0.39, 0.29) is 17.9 Å². The third kappa shape index (κ3) is 3.63. The summed E-state index contributed by atoms with van der Waals surface area (Å²) in [4.78, 5) is 4.32. The second-order valence-corrected chi connectivity index (χ2v) is 9.34. The average Bonchev–Trinajstić information content (AvgIpc) is 2.71. The molecule has 0 fully saturated rings. The molecule has 1 N–H and O–H groups in total. The van der Waals surface area contributed by atoms with Gasteiger partial charge in [-0.3, -0.25) is 0 Å². The summed E-state index contributed by atoms with van der Waals surface area (Å²) in [5, 5.41) is 12.9. The van der Waals surface area contributed by atoms with Crippen LogP contribution in [0.1, 0.15) is 57.2 Å². The van der Waals surface area contributed by atoms with Crippen LogP contribution in [0.5, 0.6) is 0 Å². The Balaban J connectivity index is 2.39. The Morgan fingerprint density at radius 1 is 1.27 bits per heavy atom. The van der Waals surface area contributed by atoms with Gasteiger partial charge >= 0.3 is 0 Å². The van der Waals surface area contributed by atoms with Crippen LogP contribution in [0.4, 0.5) is 0 Å². The molecule has 0 aromatic heterocycles. The lowest BCUT2D eigenvalue weighted by atomic mass is 9.70. The third-order valence-electron chi connectivity index (χ3n) is 6.57. The number of aliphatic imine (C=N–C) groups is 1. The molecule has 0 saturated heterocycles. The summed E-state index contributed by atoms with van der Waals surface area (Å²) in [5.74, 6) is 0.129. The first-order valence-corrected chi connectivity index (χ1v) is 10.6. The van der Waals surface area contributed by atoms with Gasteiger partial charge in [-0.1, -0.05) is 63.0 Å². The molecule has 3 rings (SSSR count). The summed E-state index contributed by atoms with van der Waals surface area (Å²) in [7, 11) is 3.46. The number of fused-ring (bicyclic) bond motifs is 3. The van der Waals surface area contributed by atoms with Crippen LogP contribution in [0.3, 0.4) is 0 Å². The molecule has 0 aliphatic carbocycles. The Kier molecular flexibility index (Phi) is 6.30. The molecule has 4 nitrogen and oxygen atoms in total. The lowest BCUT2D eigenvalue weighted by Crippen LogP contribution is -2.49. The van der Waals surface area contributed by atoms with Gasteiger partial charge in [0.2, 0.25) is 0 Å². The summed E-state index contributed by atoms with van der Waals surface area (Å²) in [6.07, 6.45) is 6.04. The molecule has 0 bridgehead atoms. The highest BCUT2D eigenvalue weighted by molar-refractivity contribution is 5.98. The van der Waals surface area contributed by atoms with Crippen molar-refractivity contribution in [2.75, 3.05) is 27.4 Å². The molecule has 0 saturated carbocycles. The van der Waals surface area contributed by atoms with Crippen LogP contribution in [0, 0.1) is 0 Å². The molecule has 1 heterocycles. The van der Waals surface area contributed by atoms with Crippen LogP contribution < -0.4 is 0 Å². The van der Waals surface area contributed by atoms with E-state index in [4.69, 9.17) is 4.74 Å². The maximum absolute atomic E-state index is 10.3. The number of benzene rings is 2. The predicted octanol–water partition coefficient (Wildman–Crippen LogP) is 4.67. The number of ether oxygens (including phenoxy) is 1. The standard InChI is InChI=1S/C26H35N2O2/c1-18-24-19(14-23(25(2,3)4)21-10-8-9-11-22(21)24)15-28(17-27-6)26(18,5)20(16-29)12-13-30-7/h8-12,14-15,17-18,29H,13,16H2,1-7H3/q+1/b20-12+,27-17-. The molecule has 0 amide bonds. The normalized spacial score (nSPS) is 22.5. The third-order valence-corrected chi connectivity index (χ3v) is 6.57. The van der Waals surface area contributed by atoms with E-state index in [2.05, 4.69) is 80.7 Å². The first-order valence-electron chi connectivity index (χ1n) is 10.6. The van der Waals surface area contributed by atoms with Crippen LogP contribution in [-0.2, 0) is 10.2 Å². The van der Waals surface area contributed by atoms with E-state index >= 15 is 0 Å². The van der Waals surface area contributed by atoms with Crippen molar-refractivity contribution in [1.82, 2.24) is 0 Å². The van der Waals surface area contributed by atoms with Crippen molar-refractivity contribution in [2.45, 2.75) is 51.5 Å². The molecule has 2 aromatic rings. The fourth-order valence-corrected chi connectivity index (χ4v) is 4.76. The molecule has 2 atom stereocenters. The zero-order valence-corrected chi connectivity index (χ0v) is 19.4. The van der Waals surface area contributed by atoms with E-state index < -0.39 is 5.54 Å². The van der Waals surface area contributed by atoms with Crippen molar-refractivity contribution in [2.24, 2.45) is 4.99 Å². The van der Waals surface area contributed by atoms with Crippen LogP contribution >= 0.6 is 0 Å². The zero-order valence-electron chi connectivity index (χ0n) is 19.4. The quantitative estimate of drug-likeness (QED) is 0.339. The first-order chi connectivity index (χ1) is 14.2. The number of nitrogens with zero attached hydrogens (tertiary/aromatic N) is 2. The summed E-state index contributed by atoms with van der Waals surface area (Å²) in [5.41, 5.74) is 4.39. The molecule has 1 aliphatic rings. The molecule has 160 valence electrons. The average molecular weight is 408 g/mol. The summed E-state index contributed by atoms with van der Waals surface area (Å²) in [6, 6.07) is 11.0. The SMILES string of the molecule is C/N=C\[N+]1=Cc2cc(C(C)(C)C)c3ccccc3c2C(C)C1(C)/C(=C/COC)CO. The lowest BCUT2D eigenvalue weighted by Gasteiger charge is -2.41. The van der Waals surface area contributed by atoms with Crippen molar-refractivity contribution in [3.05, 3.63) is 58.7 Å². The van der Waals surface area contributed by atoms with Gasteiger partial charge in [0.25, 0.3) is 6.34 Å². The Morgan fingerprint density at radius 3 is 2.50 bits per heavy atom. The minimum Gasteiger partial charge on any atom is -0.392 e. The van der Waals surface area contributed by atoms with Crippen molar-refractivity contribution < 1.29 is 14.4 Å². The smallest absolute Gasteiger partial charge is 0.280 e. The number of methoxy groups -OCH3 is 1. The Morgan fingerprint density at radius 2 is 1.93 bits per heavy atom. The van der Waals surface area contributed by atoms with Crippen molar-refractivity contribution in [3.63, 3.8) is 0 Å². The molecule has 30 heavy (non-hydrogen) atoms. The molecular weight excluding hydrogens is 372 g/mol. The van der Waals surface area contributed by atoms with Crippen LogP contribution in [-0.4, -0.2) is 55.1 Å². The van der Waals surface area contributed by atoms with E-state index in [1.54, 1.807) is 14.2 Å². The monoisotopic (exact) mass is 407 g/mol. The fraction of sp³-hybridized carbons (Fsp3) is 0.462. The second-order valence-electron chi connectivity index (χ2n) is 9.34. The fourth-order valence-electron chi connectivity index (χ4n) is 4.76. The number of aliphatic hydroxyl groups is 1. The van der Waals surface area contributed by atoms with E-state index in [1.165, 1.54) is 27.5 Å². The van der Waals surface area contributed by atoms with E-state index in [0.717, 1.165) is 5.57 Å². The highest BCUT2D eigenvalue weighted by atomic mass is 16.5. The van der Waals surface area contributed by atoms with Gasteiger partial charge in [-0.2, -0.15) is 0 Å². The van der Waals surface area contributed by atoms with E-state index in [0.29, 0.717) is 6.61 Å². The summed E-state index contributed by atoms with van der Waals surface area (Å²) in [6.45, 7) is 11.7. The Labute approximate surface area is 180 Å². The van der Waals surface area contributed by atoms with Crippen LogP contribution in [0.2, 0.25) is 0 Å². The van der Waals surface area contributed by atoms with Gasteiger partial charge in [0.05, 0.1) is 19.4 Å². The molecule has 4 heteroatoms. The maximum atomic E-state index is 10.3.